The molecule has 0 aromatic rings. The average molecular weight is 261 g/mol. The van der Waals surface area contributed by atoms with Gasteiger partial charge in [0.05, 0.1) is 0 Å². The number of piperidine rings is 1. The molecule has 0 radical (unpaired) electrons. The van der Waals surface area contributed by atoms with Gasteiger partial charge >= 0.3 is 0 Å². The predicted molar refractivity (Wildman–Crippen MR) is 86.0 cm³/mol. The molecule has 2 aliphatic heterocycles. The molecule has 0 aromatic heterocycles. The van der Waals surface area contributed by atoms with Crippen LogP contribution in [0.1, 0.15) is 53.4 Å². The molecule has 0 saturated carbocycles. The SMILES string of the molecule is C=C/C=C\C(=C)N1C2CCC1CC(C(C)C)C2.CC. The summed E-state index contributed by atoms with van der Waals surface area (Å²) in [7, 11) is 0. The third-order valence-electron chi connectivity index (χ3n) is 4.47. The van der Waals surface area contributed by atoms with Crippen molar-refractivity contribution in [3.8, 4) is 0 Å². The standard InChI is InChI=1S/C16H25N.C2H6/c1-5-6-7-13(4)17-15-8-9-16(17)11-14(10-15)12(2)3;1-2/h5-7,12,14-16H,1,4,8-11H2,2-3H3;1-2H3/b7-6-;. The third kappa shape index (κ3) is 3.75. The minimum atomic E-state index is 0.739. The van der Waals surface area contributed by atoms with Gasteiger partial charge in [0.15, 0.2) is 0 Å². The van der Waals surface area contributed by atoms with Crippen molar-refractivity contribution in [1.82, 2.24) is 4.90 Å². The minimum absolute atomic E-state index is 0.739. The van der Waals surface area contributed by atoms with Crippen LogP contribution in [0, 0.1) is 11.8 Å². The van der Waals surface area contributed by atoms with Crippen molar-refractivity contribution in [2.24, 2.45) is 11.8 Å². The second kappa shape index (κ2) is 7.57. The number of nitrogens with zero attached hydrogens (tertiary/aromatic N) is 1. The highest BCUT2D eigenvalue weighted by atomic mass is 15.2. The number of hydrogen-bond acceptors (Lipinski definition) is 1. The summed E-state index contributed by atoms with van der Waals surface area (Å²) in [6.07, 6.45) is 11.4. The fourth-order valence-electron chi connectivity index (χ4n) is 3.50. The van der Waals surface area contributed by atoms with Crippen LogP contribution in [0.15, 0.2) is 37.1 Å². The summed E-state index contributed by atoms with van der Waals surface area (Å²) in [4.78, 5) is 2.57. The van der Waals surface area contributed by atoms with E-state index in [1.807, 2.05) is 26.0 Å². The first-order valence-corrected chi connectivity index (χ1v) is 7.89. The maximum Gasteiger partial charge on any atom is 0.0298 e. The van der Waals surface area contributed by atoms with Crippen molar-refractivity contribution in [1.29, 1.82) is 0 Å². The first-order chi connectivity index (χ1) is 9.13. The minimum Gasteiger partial charge on any atom is -0.366 e. The fourth-order valence-corrected chi connectivity index (χ4v) is 3.50. The Morgan fingerprint density at radius 1 is 1.16 bits per heavy atom. The molecule has 2 rings (SSSR count). The molecule has 2 fully saturated rings. The van der Waals surface area contributed by atoms with Crippen LogP contribution in [0.5, 0.6) is 0 Å². The van der Waals surface area contributed by atoms with Gasteiger partial charge in [0.1, 0.15) is 0 Å². The van der Waals surface area contributed by atoms with Crippen LogP contribution in [-0.4, -0.2) is 17.0 Å². The van der Waals surface area contributed by atoms with Crippen molar-refractivity contribution in [2.45, 2.75) is 65.5 Å². The van der Waals surface area contributed by atoms with Crippen LogP contribution in [0.4, 0.5) is 0 Å². The van der Waals surface area contributed by atoms with Crippen LogP contribution >= 0.6 is 0 Å². The second-order valence-electron chi connectivity index (χ2n) is 5.85. The lowest BCUT2D eigenvalue weighted by Gasteiger charge is -2.42. The summed E-state index contributed by atoms with van der Waals surface area (Å²) < 4.78 is 0. The van der Waals surface area contributed by atoms with Gasteiger partial charge in [0.25, 0.3) is 0 Å². The normalized spacial score (nSPS) is 29.3. The molecule has 108 valence electrons. The molecule has 0 spiro atoms. The quantitative estimate of drug-likeness (QED) is 0.631. The Labute approximate surface area is 120 Å². The molecule has 0 amide bonds. The molecule has 2 unspecified atom stereocenters. The molecule has 0 aliphatic carbocycles. The molecule has 1 nitrogen and oxygen atoms in total. The number of hydrogen-bond donors (Lipinski definition) is 0. The van der Waals surface area contributed by atoms with E-state index in [0.717, 1.165) is 23.9 Å². The maximum absolute atomic E-state index is 4.22. The molecule has 2 saturated heterocycles. The van der Waals surface area contributed by atoms with E-state index < -0.39 is 0 Å². The van der Waals surface area contributed by atoms with E-state index in [9.17, 15) is 0 Å². The van der Waals surface area contributed by atoms with E-state index in [-0.39, 0.29) is 0 Å². The molecule has 2 aliphatic rings. The van der Waals surface area contributed by atoms with Crippen molar-refractivity contribution < 1.29 is 0 Å². The number of allylic oxidation sites excluding steroid dienone is 3. The van der Waals surface area contributed by atoms with Crippen molar-refractivity contribution in [2.75, 3.05) is 0 Å². The Hall–Kier alpha value is -0.980. The maximum atomic E-state index is 4.22. The molecular weight excluding hydrogens is 230 g/mol. The summed E-state index contributed by atoms with van der Waals surface area (Å²) in [5, 5.41) is 0. The van der Waals surface area contributed by atoms with Gasteiger partial charge in [0.2, 0.25) is 0 Å². The van der Waals surface area contributed by atoms with E-state index in [1.165, 1.54) is 31.4 Å². The molecule has 19 heavy (non-hydrogen) atoms. The largest absolute Gasteiger partial charge is 0.366 e. The van der Waals surface area contributed by atoms with Crippen molar-refractivity contribution in [3.63, 3.8) is 0 Å². The van der Waals surface area contributed by atoms with Crippen molar-refractivity contribution in [3.05, 3.63) is 37.1 Å². The lowest BCUT2D eigenvalue weighted by molar-refractivity contribution is 0.122. The molecular formula is C18H31N. The zero-order valence-electron chi connectivity index (χ0n) is 13.2. The Morgan fingerprint density at radius 3 is 2.11 bits per heavy atom. The zero-order chi connectivity index (χ0) is 14.4. The lowest BCUT2D eigenvalue weighted by Crippen LogP contribution is -2.42. The highest BCUT2D eigenvalue weighted by molar-refractivity contribution is 5.21. The third-order valence-corrected chi connectivity index (χ3v) is 4.47. The Balaban J connectivity index is 0.000000861. The fraction of sp³-hybridized carbons (Fsp3) is 0.667. The van der Waals surface area contributed by atoms with Gasteiger partial charge in [-0.1, -0.05) is 53.0 Å². The van der Waals surface area contributed by atoms with E-state index in [0.29, 0.717) is 0 Å². The Kier molecular flexibility index (Phi) is 6.41. The number of fused-ring (bicyclic) bond motifs is 2. The van der Waals surface area contributed by atoms with E-state index in [1.54, 1.807) is 0 Å². The monoisotopic (exact) mass is 261 g/mol. The van der Waals surface area contributed by atoms with Crippen LogP contribution < -0.4 is 0 Å². The Morgan fingerprint density at radius 2 is 1.68 bits per heavy atom. The van der Waals surface area contributed by atoms with Crippen LogP contribution in [0.25, 0.3) is 0 Å². The first-order valence-electron chi connectivity index (χ1n) is 7.89. The summed E-state index contributed by atoms with van der Waals surface area (Å²) in [5.41, 5.74) is 1.18. The molecule has 0 aromatic carbocycles. The smallest absolute Gasteiger partial charge is 0.0298 e. The topological polar surface area (TPSA) is 3.24 Å². The molecule has 0 N–H and O–H groups in total. The highest BCUT2D eigenvalue weighted by Gasteiger charge is 2.41. The van der Waals surface area contributed by atoms with E-state index >= 15 is 0 Å². The van der Waals surface area contributed by atoms with Gasteiger partial charge in [-0.25, -0.2) is 0 Å². The van der Waals surface area contributed by atoms with Gasteiger partial charge in [-0.3, -0.25) is 0 Å². The van der Waals surface area contributed by atoms with Crippen LogP contribution in [0.2, 0.25) is 0 Å². The highest BCUT2D eigenvalue weighted by Crippen LogP contribution is 2.43. The van der Waals surface area contributed by atoms with Crippen LogP contribution in [0.3, 0.4) is 0 Å². The molecule has 2 atom stereocenters. The summed E-state index contributed by atoms with van der Waals surface area (Å²) in [6.45, 7) is 16.7. The zero-order valence-corrected chi connectivity index (χ0v) is 13.2. The number of rotatable bonds is 4. The second-order valence-corrected chi connectivity index (χ2v) is 5.85. The van der Waals surface area contributed by atoms with E-state index in [4.69, 9.17) is 0 Å². The Bertz CT molecular complexity index is 313. The summed E-state index contributed by atoms with van der Waals surface area (Å²) in [5.74, 6) is 1.75. The van der Waals surface area contributed by atoms with Crippen LogP contribution in [-0.2, 0) is 0 Å². The molecule has 2 heterocycles. The van der Waals surface area contributed by atoms with Gasteiger partial charge in [-0.15, -0.1) is 0 Å². The van der Waals surface area contributed by atoms with E-state index in [2.05, 4.69) is 38.0 Å². The molecule has 1 heteroatoms. The molecule has 2 bridgehead atoms. The first kappa shape index (κ1) is 16.1. The average Bonchev–Trinajstić information content (AvgIpc) is 2.68. The van der Waals surface area contributed by atoms with Gasteiger partial charge in [-0.2, -0.15) is 0 Å². The predicted octanol–water partition coefficient (Wildman–Crippen LogP) is 5.17. The van der Waals surface area contributed by atoms with Gasteiger partial charge in [0, 0.05) is 17.8 Å². The van der Waals surface area contributed by atoms with Crippen molar-refractivity contribution >= 4 is 0 Å². The summed E-state index contributed by atoms with van der Waals surface area (Å²) >= 11 is 0. The lowest BCUT2D eigenvalue weighted by atomic mass is 9.82. The van der Waals surface area contributed by atoms with Gasteiger partial charge in [-0.05, 0) is 43.6 Å². The van der Waals surface area contributed by atoms with Gasteiger partial charge < -0.3 is 4.90 Å². The summed E-state index contributed by atoms with van der Waals surface area (Å²) in [6, 6.07) is 1.48.